The molecule has 0 saturated heterocycles. The summed E-state index contributed by atoms with van der Waals surface area (Å²) in [5.74, 6) is 0.687. The standard InChI is InChI=1S/C19H26N4O3/c1-6-7-16-10-15(11-17(21-16)25-13(2)3)19-20-12-23(22-19)9-8-18(24)26-14(4)5/h8-14H,6-7H2,1-5H3/b9-8-. The number of aromatic nitrogens is 4. The summed E-state index contributed by atoms with van der Waals surface area (Å²) in [6.07, 6.45) is 6.09. The molecule has 0 aliphatic heterocycles. The van der Waals surface area contributed by atoms with Crippen LogP contribution in [0.4, 0.5) is 0 Å². The number of hydrogen-bond acceptors (Lipinski definition) is 6. The molecule has 0 radical (unpaired) electrons. The summed E-state index contributed by atoms with van der Waals surface area (Å²) in [4.78, 5) is 20.4. The summed E-state index contributed by atoms with van der Waals surface area (Å²) < 4.78 is 12.3. The first kappa shape index (κ1) is 19.6. The first-order valence-electron chi connectivity index (χ1n) is 8.85. The molecule has 0 aromatic carbocycles. The van der Waals surface area contributed by atoms with E-state index in [1.807, 2.05) is 26.0 Å². The van der Waals surface area contributed by atoms with E-state index in [-0.39, 0.29) is 12.2 Å². The van der Waals surface area contributed by atoms with Gasteiger partial charge in [-0.2, -0.15) is 0 Å². The van der Waals surface area contributed by atoms with Gasteiger partial charge in [0.15, 0.2) is 5.82 Å². The number of ether oxygens (including phenoxy) is 2. The van der Waals surface area contributed by atoms with Crippen molar-refractivity contribution in [2.75, 3.05) is 0 Å². The van der Waals surface area contributed by atoms with E-state index in [2.05, 4.69) is 22.0 Å². The van der Waals surface area contributed by atoms with Crippen molar-refractivity contribution in [1.82, 2.24) is 19.7 Å². The molecule has 0 N–H and O–H groups in total. The van der Waals surface area contributed by atoms with Crippen LogP contribution in [0.2, 0.25) is 0 Å². The van der Waals surface area contributed by atoms with Crippen molar-refractivity contribution in [2.45, 2.75) is 59.7 Å². The van der Waals surface area contributed by atoms with Crippen LogP contribution >= 0.6 is 0 Å². The van der Waals surface area contributed by atoms with Crippen molar-refractivity contribution in [2.24, 2.45) is 0 Å². The second-order valence-electron chi connectivity index (χ2n) is 6.45. The molecule has 2 heterocycles. The van der Waals surface area contributed by atoms with E-state index in [4.69, 9.17) is 9.47 Å². The van der Waals surface area contributed by atoms with Crippen LogP contribution in [0.5, 0.6) is 5.88 Å². The van der Waals surface area contributed by atoms with E-state index in [1.165, 1.54) is 23.3 Å². The average molecular weight is 358 g/mol. The Hall–Kier alpha value is -2.70. The van der Waals surface area contributed by atoms with E-state index >= 15 is 0 Å². The molecule has 0 spiro atoms. The van der Waals surface area contributed by atoms with Gasteiger partial charge in [0.05, 0.1) is 12.2 Å². The zero-order valence-corrected chi connectivity index (χ0v) is 16.0. The summed E-state index contributed by atoms with van der Waals surface area (Å²) in [5, 5.41) is 4.38. The molecule has 7 nitrogen and oxygen atoms in total. The molecule has 0 aliphatic rings. The van der Waals surface area contributed by atoms with Gasteiger partial charge in [0.2, 0.25) is 5.88 Å². The minimum atomic E-state index is -0.418. The summed E-state index contributed by atoms with van der Waals surface area (Å²) in [7, 11) is 0. The highest BCUT2D eigenvalue weighted by atomic mass is 16.5. The first-order chi connectivity index (χ1) is 12.4. The normalized spacial score (nSPS) is 11.5. The summed E-state index contributed by atoms with van der Waals surface area (Å²) in [6.45, 7) is 9.62. The summed E-state index contributed by atoms with van der Waals surface area (Å²) in [5.41, 5.74) is 1.77. The maximum atomic E-state index is 11.6. The number of carbonyl (C=O) groups is 1. The fraction of sp³-hybridized carbons (Fsp3) is 0.474. The SMILES string of the molecule is CCCc1cc(-c2ncn(/C=C\C(=O)OC(C)C)n2)cc(OC(C)C)n1. The minimum absolute atomic E-state index is 0.0349. The molecular weight excluding hydrogens is 332 g/mol. The van der Waals surface area contributed by atoms with Crippen LogP contribution in [0.1, 0.15) is 46.7 Å². The Morgan fingerprint density at radius 1 is 1.23 bits per heavy atom. The molecule has 0 amide bonds. The van der Waals surface area contributed by atoms with E-state index in [1.54, 1.807) is 13.8 Å². The molecule has 0 fully saturated rings. The van der Waals surface area contributed by atoms with Crippen molar-refractivity contribution in [3.05, 3.63) is 30.2 Å². The monoisotopic (exact) mass is 358 g/mol. The van der Waals surface area contributed by atoms with E-state index in [0.29, 0.717) is 11.7 Å². The van der Waals surface area contributed by atoms with E-state index in [9.17, 15) is 4.79 Å². The van der Waals surface area contributed by atoms with Crippen molar-refractivity contribution >= 4 is 12.2 Å². The van der Waals surface area contributed by atoms with Gasteiger partial charge in [-0.15, -0.1) is 5.10 Å². The maximum absolute atomic E-state index is 11.6. The second kappa shape index (κ2) is 9.12. The van der Waals surface area contributed by atoms with Gasteiger partial charge >= 0.3 is 5.97 Å². The van der Waals surface area contributed by atoms with Crippen LogP contribution in [0, 0.1) is 0 Å². The second-order valence-corrected chi connectivity index (χ2v) is 6.45. The van der Waals surface area contributed by atoms with Crippen LogP contribution in [0.3, 0.4) is 0 Å². The molecule has 0 unspecified atom stereocenters. The van der Waals surface area contributed by atoms with E-state index in [0.717, 1.165) is 24.1 Å². The van der Waals surface area contributed by atoms with Gasteiger partial charge in [-0.3, -0.25) is 0 Å². The van der Waals surface area contributed by atoms with Gasteiger partial charge in [0.1, 0.15) is 6.33 Å². The third-order valence-corrected chi connectivity index (χ3v) is 3.20. The number of hydrogen-bond donors (Lipinski definition) is 0. The molecule has 26 heavy (non-hydrogen) atoms. The van der Waals surface area contributed by atoms with Crippen molar-refractivity contribution in [1.29, 1.82) is 0 Å². The van der Waals surface area contributed by atoms with Crippen LogP contribution in [-0.2, 0) is 16.0 Å². The lowest BCUT2D eigenvalue weighted by atomic mass is 10.1. The fourth-order valence-corrected chi connectivity index (χ4v) is 2.26. The Kier molecular flexibility index (Phi) is 6.89. The number of esters is 1. The largest absolute Gasteiger partial charge is 0.475 e. The Morgan fingerprint density at radius 2 is 2.00 bits per heavy atom. The van der Waals surface area contributed by atoms with Crippen molar-refractivity contribution < 1.29 is 14.3 Å². The highest BCUT2D eigenvalue weighted by Crippen LogP contribution is 2.22. The molecule has 2 aromatic heterocycles. The Balaban J connectivity index is 2.22. The zero-order valence-electron chi connectivity index (χ0n) is 16.0. The number of nitrogens with zero attached hydrogens (tertiary/aromatic N) is 4. The zero-order chi connectivity index (χ0) is 19.1. The maximum Gasteiger partial charge on any atom is 0.332 e. The van der Waals surface area contributed by atoms with Gasteiger partial charge in [0.25, 0.3) is 0 Å². The van der Waals surface area contributed by atoms with Gasteiger partial charge in [0, 0.05) is 29.6 Å². The third kappa shape index (κ3) is 5.98. The summed E-state index contributed by atoms with van der Waals surface area (Å²) >= 11 is 0. The molecule has 2 rings (SSSR count). The lowest BCUT2D eigenvalue weighted by molar-refractivity contribution is -0.141. The number of aryl methyl sites for hydroxylation is 1. The van der Waals surface area contributed by atoms with Gasteiger partial charge in [-0.25, -0.2) is 19.4 Å². The predicted octanol–water partition coefficient (Wildman–Crippen LogP) is 3.50. The molecule has 0 saturated carbocycles. The quantitative estimate of drug-likeness (QED) is 0.531. The third-order valence-electron chi connectivity index (χ3n) is 3.20. The lowest BCUT2D eigenvalue weighted by Crippen LogP contribution is -2.08. The molecular formula is C19H26N4O3. The number of carbonyl (C=O) groups excluding carboxylic acids is 1. The molecule has 0 aliphatic carbocycles. The smallest absolute Gasteiger partial charge is 0.332 e. The van der Waals surface area contributed by atoms with Crippen LogP contribution in [0.15, 0.2) is 24.5 Å². The summed E-state index contributed by atoms with van der Waals surface area (Å²) in [6, 6.07) is 3.79. The highest BCUT2D eigenvalue weighted by molar-refractivity contribution is 5.85. The van der Waals surface area contributed by atoms with Crippen LogP contribution in [0.25, 0.3) is 17.6 Å². The first-order valence-corrected chi connectivity index (χ1v) is 8.85. The van der Waals surface area contributed by atoms with Gasteiger partial charge in [-0.05, 0) is 40.2 Å². The topological polar surface area (TPSA) is 79.1 Å². The Morgan fingerprint density at radius 3 is 2.65 bits per heavy atom. The Labute approximate surface area is 154 Å². The van der Waals surface area contributed by atoms with E-state index < -0.39 is 5.97 Å². The Bertz CT molecular complexity index is 766. The minimum Gasteiger partial charge on any atom is -0.475 e. The fourth-order valence-electron chi connectivity index (χ4n) is 2.26. The van der Waals surface area contributed by atoms with Gasteiger partial charge in [-0.1, -0.05) is 13.3 Å². The van der Waals surface area contributed by atoms with Gasteiger partial charge < -0.3 is 9.47 Å². The predicted molar refractivity (Wildman–Crippen MR) is 99.6 cm³/mol. The average Bonchev–Trinajstić information content (AvgIpc) is 3.01. The number of pyridine rings is 1. The molecule has 140 valence electrons. The molecule has 0 atom stereocenters. The number of rotatable bonds is 8. The molecule has 7 heteroatoms. The lowest BCUT2D eigenvalue weighted by Gasteiger charge is -2.11. The molecule has 2 aromatic rings. The molecule has 0 bridgehead atoms. The highest BCUT2D eigenvalue weighted by Gasteiger charge is 2.10. The van der Waals surface area contributed by atoms with Crippen molar-refractivity contribution in [3.63, 3.8) is 0 Å². The van der Waals surface area contributed by atoms with Crippen molar-refractivity contribution in [3.8, 4) is 17.3 Å². The van der Waals surface area contributed by atoms with Crippen LogP contribution in [-0.4, -0.2) is 37.9 Å². The van der Waals surface area contributed by atoms with Crippen LogP contribution < -0.4 is 4.74 Å².